The van der Waals surface area contributed by atoms with Crippen LogP contribution in [-0.4, -0.2) is 13.1 Å². The van der Waals surface area contributed by atoms with E-state index in [0.29, 0.717) is 0 Å². The van der Waals surface area contributed by atoms with Crippen molar-refractivity contribution in [2.24, 2.45) is 0 Å². The van der Waals surface area contributed by atoms with Gasteiger partial charge in [-0.3, -0.25) is 0 Å². The molecule has 0 aliphatic rings. The molecule has 3 heteroatoms. The minimum atomic E-state index is -0.418. The average Bonchev–Trinajstić information content (AvgIpc) is 2.29. The van der Waals surface area contributed by atoms with Gasteiger partial charge in [-0.1, -0.05) is 18.7 Å². The zero-order valence-electron chi connectivity index (χ0n) is 8.90. The lowest BCUT2D eigenvalue weighted by atomic mass is 10.1. The molecule has 0 aliphatic carbocycles. The summed E-state index contributed by atoms with van der Waals surface area (Å²) in [6, 6.07) is 7.38. The minimum absolute atomic E-state index is 0.276. The van der Waals surface area contributed by atoms with Gasteiger partial charge in [-0.25, -0.2) is 4.79 Å². The topological polar surface area (TPSA) is 35.5 Å². The number of benzene rings is 1. The summed E-state index contributed by atoms with van der Waals surface area (Å²) in [6.07, 6.45) is 0.876. The van der Waals surface area contributed by atoms with Gasteiger partial charge in [0, 0.05) is 6.08 Å². The Balaban J connectivity index is 2.69. The fraction of sp³-hybridized carbons (Fsp3) is 0.250. The largest absolute Gasteiger partial charge is 0.497 e. The fourth-order valence-corrected chi connectivity index (χ4v) is 1.17. The second kappa shape index (κ2) is 5.20. The number of carbonyl (C=O) groups is 1. The van der Waals surface area contributed by atoms with Crippen molar-refractivity contribution in [3.63, 3.8) is 0 Å². The Morgan fingerprint density at radius 2 is 2.00 bits per heavy atom. The van der Waals surface area contributed by atoms with Gasteiger partial charge in [0.05, 0.1) is 7.11 Å². The summed E-state index contributed by atoms with van der Waals surface area (Å²) in [5, 5.41) is 0. The van der Waals surface area contributed by atoms with Crippen molar-refractivity contribution in [2.75, 3.05) is 7.11 Å². The van der Waals surface area contributed by atoms with E-state index in [1.165, 1.54) is 0 Å². The molecule has 0 bridgehead atoms. The summed E-state index contributed by atoms with van der Waals surface area (Å²) < 4.78 is 10.1. The van der Waals surface area contributed by atoms with E-state index in [0.717, 1.165) is 17.4 Å². The Morgan fingerprint density at radius 3 is 2.47 bits per heavy atom. The van der Waals surface area contributed by atoms with E-state index in [2.05, 4.69) is 6.58 Å². The highest BCUT2D eigenvalue weighted by Crippen LogP contribution is 2.20. The highest BCUT2D eigenvalue weighted by atomic mass is 16.5. The van der Waals surface area contributed by atoms with Crippen LogP contribution in [0.3, 0.4) is 0 Å². The van der Waals surface area contributed by atoms with Crippen molar-refractivity contribution in [1.82, 2.24) is 0 Å². The van der Waals surface area contributed by atoms with Crippen LogP contribution in [0.5, 0.6) is 5.75 Å². The first kappa shape index (κ1) is 11.3. The minimum Gasteiger partial charge on any atom is -0.497 e. The van der Waals surface area contributed by atoms with Crippen LogP contribution in [-0.2, 0) is 9.53 Å². The van der Waals surface area contributed by atoms with Gasteiger partial charge in [-0.2, -0.15) is 0 Å². The molecule has 0 N–H and O–H groups in total. The van der Waals surface area contributed by atoms with Gasteiger partial charge >= 0.3 is 5.97 Å². The molecule has 80 valence electrons. The number of rotatable bonds is 4. The van der Waals surface area contributed by atoms with Crippen LogP contribution >= 0.6 is 0 Å². The molecular formula is C12H14O3. The lowest BCUT2D eigenvalue weighted by Gasteiger charge is -2.12. The number of esters is 1. The Kier molecular flexibility index (Phi) is 3.92. The van der Waals surface area contributed by atoms with Crippen molar-refractivity contribution in [3.05, 3.63) is 42.5 Å². The lowest BCUT2D eigenvalue weighted by molar-refractivity contribution is -0.142. The number of hydrogen-bond donors (Lipinski definition) is 0. The first-order chi connectivity index (χ1) is 7.17. The molecule has 0 amide bonds. The molecule has 0 aromatic heterocycles. The Morgan fingerprint density at radius 1 is 1.40 bits per heavy atom. The summed E-state index contributed by atoms with van der Waals surface area (Å²) in [6.45, 7) is 5.15. The monoisotopic (exact) mass is 206 g/mol. The number of carbonyl (C=O) groups excluding carboxylic acids is 1. The SMILES string of the molecule is C=CC(=O)OC(C)c1ccc(OC)cc1. The van der Waals surface area contributed by atoms with Crippen LogP contribution in [0.2, 0.25) is 0 Å². The third-order valence-electron chi connectivity index (χ3n) is 2.04. The second-order valence-corrected chi connectivity index (χ2v) is 3.06. The van der Waals surface area contributed by atoms with E-state index < -0.39 is 5.97 Å². The standard InChI is InChI=1S/C12H14O3/c1-4-12(13)15-9(2)10-5-7-11(14-3)8-6-10/h4-9H,1H2,2-3H3. The predicted octanol–water partition coefficient (Wildman–Crippen LogP) is 2.49. The average molecular weight is 206 g/mol. The number of ether oxygens (including phenoxy) is 2. The highest BCUT2D eigenvalue weighted by molar-refractivity contribution is 5.81. The lowest BCUT2D eigenvalue weighted by Crippen LogP contribution is -2.05. The molecule has 1 aromatic carbocycles. The predicted molar refractivity (Wildman–Crippen MR) is 57.7 cm³/mol. The molecule has 3 nitrogen and oxygen atoms in total. The summed E-state index contributed by atoms with van der Waals surface area (Å²) in [7, 11) is 1.61. The zero-order valence-corrected chi connectivity index (χ0v) is 8.90. The molecule has 0 saturated heterocycles. The van der Waals surface area contributed by atoms with Gasteiger partial charge in [0.25, 0.3) is 0 Å². The maximum Gasteiger partial charge on any atom is 0.330 e. The van der Waals surface area contributed by atoms with Crippen molar-refractivity contribution >= 4 is 5.97 Å². The van der Waals surface area contributed by atoms with Crippen molar-refractivity contribution in [2.45, 2.75) is 13.0 Å². The van der Waals surface area contributed by atoms with Crippen LogP contribution in [0, 0.1) is 0 Å². The zero-order chi connectivity index (χ0) is 11.3. The van der Waals surface area contributed by atoms with Crippen molar-refractivity contribution in [3.8, 4) is 5.75 Å². The van der Waals surface area contributed by atoms with E-state index >= 15 is 0 Å². The Bertz CT molecular complexity index is 340. The maximum absolute atomic E-state index is 11.0. The maximum atomic E-state index is 11.0. The molecular weight excluding hydrogens is 192 g/mol. The third-order valence-corrected chi connectivity index (χ3v) is 2.04. The first-order valence-electron chi connectivity index (χ1n) is 4.64. The Hall–Kier alpha value is -1.77. The number of hydrogen-bond acceptors (Lipinski definition) is 3. The van der Waals surface area contributed by atoms with Gasteiger partial charge in [-0.05, 0) is 24.6 Å². The van der Waals surface area contributed by atoms with Gasteiger partial charge in [0.15, 0.2) is 0 Å². The van der Waals surface area contributed by atoms with E-state index in [-0.39, 0.29) is 6.10 Å². The van der Waals surface area contributed by atoms with Crippen LogP contribution < -0.4 is 4.74 Å². The highest BCUT2D eigenvalue weighted by Gasteiger charge is 2.08. The summed E-state index contributed by atoms with van der Waals surface area (Å²) in [4.78, 5) is 11.0. The molecule has 1 rings (SSSR count). The Labute approximate surface area is 89.3 Å². The molecule has 0 heterocycles. The molecule has 1 aromatic rings. The smallest absolute Gasteiger partial charge is 0.330 e. The van der Waals surface area contributed by atoms with Crippen LogP contribution in [0.1, 0.15) is 18.6 Å². The van der Waals surface area contributed by atoms with Crippen LogP contribution in [0.4, 0.5) is 0 Å². The van der Waals surface area contributed by atoms with Crippen molar-refractivity contribution in [1.29, 1.82) is 0 Å². The molecule has 0 saturated carbocycles. The second-order valence-electron chi connectivity index (χ2n) is 3.06. The molecule has 1 atom stereocenters. The van der Waals surface area contributed by atoms with Crippen LogP contribution in [0.15, 0.2) is 36.9 Å². The molecule has 0 fully saturated rings. The van der Waals surface area contributed by atoms with Gasteiger partial charge in [0.1, 0.15) is 11.9 Å². The molecule has 15 heavy (non-hydrogen) atoms. The van der Waals surface area contributed by atoms with E-state index in [4.69, 9.17) is 9.47 Å². The summed E-state index contributed by atoms with van der Waals surface area (Å²) in [5.41, 5.74) is 0.922. The van der Waals surface area contributed by atoms with Crippen molar-refractivity contribution < 1.29 is 14.3 Å². The normalized spacial score (nSPS) is 11.6. The van der Waals surface area contributed by atoms with Crippen LogP contribution in [0.25, 0.3) is 0 Å². The van der Waals surface area contributed by atoms with Gasteiger partial charge in [-0.15, -0.1) is 0 Å². The van der Waals surface area contributed by atoms with E-state index in [9.17, 15) is 4.79 Å². The molecule has 1 unspecified atom stereocenters. The quantitative estimate of drug-likeness (QED) is 0.560. The molecule has 0 radical (unpaired) electrons. The van der Waals surface area contributed by atoms with Gasteiger partial charge in [0.2, 0.25) is 0 Å². The summed E-state index contributed by atoms with van der Waals surface area (Å²) >= 11 is 0. The third kappa shape index (κ3) is 3.13. The van der Waals surface area contributed by atoms with E-state index in [1.54, 1.807) is 7.11 Å². The summed E-state index contributed by atoms with van der Waals surface area (Å²) in [5.74, 6) is 0.360. The van der Waals surface area contributed by atoms with E-state index in [1.807, 2.05) is 31.2 Å². The molecule has 0 aliphatic heterocycles. The molecule has 0 spiro atoms. The van der Waals surface area contributed by atoms with Gasteiger partial charge < -0.3 is 9.47 Å². The first-order valence-corrected chi connectivity index (χ1v) is 4.64. The number of methoxy groups -OCH3 is 1. The fourth-order valence-electron chi connectivity index (χ4n) is 1.17.